The first kappa shape index (κ1) is 16.0. The lowest BCUT2D eigenvalue weighted by Crippen LogP contribution is -2.05. The Morgan fingerprint density at radius 3 is 2.41 bits per heavy atom. The van der Waals surface area contributed by atoms with Crippen LogP contribution in [0.1, 0.15) is 11.3 Å². The van der Waals surface area contributed by atoms with E-state index in [0.29, 0.717) is 6.54 Å². The third-order valence-corrected chi connectivity index (χ3v) is 2.28. The molecule has 1 aromatic heterocycles. The van der Waals surface area contributed by atoms with Crippen LogP contribution in [-0.4, -0.2) is 16.3 Å². The maximum Gasteiger partial charge on any atom is 0.0659 e. The molecular weight excluding hydrogens is 257 g/mol. The highest BCUT2D eigenvalue weighted by molar-refractivity contribution is 5.85. The summed E-state index contributed by atoms with van der Waals surface area (Å²) in [6.45, 7) is 1.48. The zero-order valence-corrected chi connectivity index (χ0v) is 11.1. The molecule has 0 aliphatic heterocycles. The smallest absolute Gasteiger partial charge is 0.0659 e. The van der Waals surface area contributed by atoms with Crippen LogP contribution in [0.3, 0.4) is 0 Å². The Balaban J connectivity index is 0.00000128. The summed E-state index contributed by atoms with van der Waals surface area (Å²) in [7, 11) is 0. The van der Waals surface area contributed by atoms with Crippen LogP contribution in [0.2, 0.25) is 0 Å². The summed E-state index contributed by atoms with van der Waals surface area (Å²) in [6.07, 6.45) is 2.85. The van der Waals surface area contributed by atoms with E-state index in [1.807, 2.05) is 35.1 Å². The van der Waals surface area contributed by atoms with Crippen LogP contribution in [0.15, 0.2) is 42.6 Å². The predicted octanol–water partition coefficient (Wildman–Crippen LogP) is 2.28. The summed E-state index contributed by atoms with van der Waals surface area (Å²) in [5.41, 5.74) is 7.80. The first-order chi connectivity index (χ1) is 7.38. The van der Waals surface area contributed by atoms with Gasteiger partial charge in [-0.1, -0.05) is 30.3 Å². The number of nitrogens with two attached hydrogens (primary N) is 1. The average molecular weight is 274 g/mol. The molecule has 0 fully saturated rings. The molecule has 2 rings (SSSR count). The molecule has 1 heterocycles. The molecule has 0 aliphatic carbocycles. The Morgan fingerprint density at radius 2 is 1.76 bits per heavy atom. The summed E-state index contributed by atoms with van der Waals surface area (Å²) in [4.78, 5) is 0. The summed E-state index contributed by atoms with van der Waals surface area (Å²) in [6, 6.07) is 12.3. The fraction of sp³-hybridized carbons (Fsp3) is 0.250. The SMILES string of the molecule is Cl.Cl.NCCc1ccn(Cc2ccccc2)n1. The van der Waals surface area contributed by atoms with Gasteiger partial charge in [-0.2, -0.15) is 5.10 Å². The van der Waals surface area contributed by atoms with Crippen LogP contribution in [-0.2, 0) is 13.0 Å². The average Bonchev–Trinajstić information content (AvgIpc) is 2.68. The number of hydrogen-bond donors (Lipinski definition) is 1. The zero-order valence-electron chi connectivity index (χ0n) is 9.45. The largest absolute Gasteiger partial charge is 0.330 e. The lowest BCUT2D eigenvalue weighted by Gasteiger charge is -2.00. The van der Waals surface area contributed by atoms with Crippen molar-refractivity contribution in [2.75, 3.05) is 6.54 Å². The van der Waals surface area contributed by atoms with Crippen LogP contribution in [0, 0.1) is 0 Å². The van der Waals surface area contributed by atoms with Crippen molar-refractivity contribution in [3.05, 3.63) is 53.9 Å². The van der Waals surface area contributed by atoms with E-state index >= 15 is 0 Å². The van der Waals surface area contributed by atoms with E-state index < -0.39 is 0 Å². The molecule has 0 unspecified atom stereocenters. The normalized spacial score (nSPS) is 9.24. The van der Waals surface area contributed by atoms with Gasteiger partial charge in [0.25, 0.3) is 0 Å². The molecule has 0 amide bonds. The molecule has 2 aromatic rings. The van der Waals surface area contributed by atoms with E-state index in [1.54, 1.807) is 0 Å². The van der Waals surface area contributed by atoms with Gasteiger partial charge in [-0.15, -0.1) is 24.8 Å². The predicted molar refractivity (Wildman–Crippen MR) is 75.0 cm³/mol. The Hall–Kier alpha value is -1.03. The molecule has 3 nitrogen and oxygen atoms in total. The van der Waals surface area contributed by atoms with Gasteiger partial charge in [0.2, 0.25) is 0 Å². The minimum Gasteiger partial charge on any atom is -0.330 e. The van der Waals surface area contributed by atoms with Crippen LogP contribution < -0.4 is 5.73 Å². The van der Waals surface area contributed by atoms with Crippen LogP contribution in [0.25, 0.3) is 0 Å². The van der Waals surface area contributed by atoms with Crippen molar-refractivity contribution in [2.45, 2.75) is 13.0 Å². The van der Waals surface area contributed by atoms with Crippen molar-refractivity contribution in [3.63, 3.8) is 0 Å². The van der Waals surface area contributed by atoms with Gasteiger partial charge >= 0.3 is 0 Å². The van der Waals surface area contributed by atoms with Gasteiger partial charge in [-0.05, 0) is 18.2 Å². The highest BCUT2D eigenvalue weighted by Gasteiger charge is 1.98. The minimum absolute atomic E-state index is 0. The number of aromatic nitrogens is 2. The van der Waals surface area contributed by atoms with Gasteiger partial charge in [-0.25, -0.2) is 0 Å². The van der Waals surface area contributed by atoms with Gasteiger partial charge in [0.1, 0.15) is 0 Å². The molecule has 0 radical (unpaired) electrons. The van der Waals surface area contributed by atoms with Gasteiger partial charge in [0, 0.05) is 12.6 Å². The van der Waals surface area contributed by atoms with E-state index in [-0.39, 0.29) is 24.8 Å². The lowest BCUT2D eigenvalue weighted by molar-refractivity contribution is 0.670. The van der Waals surface area contributed by atoms with Crippen LogP contribution >= 0.6 is 24.8 Å². The second kappa shape index (κ2) is 8.12. The fourth-order valence-electron chi connectivity index (χ4n) is 1.54. The molecule has 2 N–H and O–H groups in total. The Morgan fingerprint density at radius 1 is 1.06 bits per heavy atom. The molecule has 94 valence electrons. The van der Waals surface area contributed by atoms with E-state index in [4.69, 9.17) is 5.73 Å². The second-order valence-electron chi connectivity index (χ2n) is 3.53. The van der Waals surface area contributed by atoms with Gasteiger partial charge < -0.3 is 5.73 Å². The molecule has 0 saturated heterocycles. The van der Waals surface area contributed by atoms with Gasteiger partial charge in [0.15, 0.2) is 0 Å². The Labute approximate surface area is 114 Å². The Bertz CT molecular complexity index is 415. The molecule has 5 heteroatoms. The topological polar surface area (TPSA) is 43.8 Å². The summed E-state index contributed by atoms with van der Waals surface area (Å²) in [5, 5.41) is 4.43. The lowest BCUT2D eigenvalue weighted by atomic mass is 10.2. The van der Waals surface area contributed by atoms with Crippen molar-refractivity contribution in [2.24, 2.45) is 5.73 Å². The highest BCUT2D eigenvalue weighted by atomic mass is 35.5. The fourth-order valence-corrected chi connectivity index (χ4v) is 1.54. The molecule has 17 heavy (non-hydrogen) atoms. The van der Waals surface area contributed by atoms with Gasteiger partial charge in [0.05, 0.1) is 12.2 Å². The van der Waals surface area contributed by atoms with Crippen LogP contribution in [0.4, 0.5) is 0 Å². The van der Waals surface area contributed by atoms with E-state index in [9.17, 15) is 0 Å². The number of rotatable bonds is 4. The highest BCUT2D eigenvalue weighted by Crippen LogP contribution is 2.03. The zero-order chi connectivity index (χ0) is 10.5. The number of nitrogens with zero attached hydrogens (tertiary/aromatic N) is 2. The molecule has 1 aromatic carbocycles. The third kappa shape index (κ3) is 4.77. The first-order valence-electron chi connectivity index (χ1n) is 5.15. The van der Waals surface area contributed by atoms with Gasteiger partial charge in [-0.3, -0.25) is 4.68 Å². The number of benzene rings is 1. The second-order valence-corrected chi connectivity index (χ2v) is 3.53. The molecule has 0 bridgehead atoms. The monoisotopic (exact) mass is 273 g/mol. The van der Waals surface area contributed by atoms with E-state index in [1.165, 1.54) is 5.56 Å². The van der Waals surface area contributed by atoms with E-state index in [0.717, 1.165) is 18.7 Å². The molecule has 0 spiro atoms. The van der Waals surface area contributed by atoms with E-state index in [2.05, 4.69) is 17.2 Å². The van der Waals surface area contributed by atoms with Crippen LogP contribution in [0.5, 0.6) is 0 Å². The summed E-state index contributed by atoms with van der Waals surface area (Å²) >= 11 is 0. The van der Waals surface area contributed by atoms with Crippen molar-refractivity contribution in [3.8, 4) is 0 Å². The van der Waals surface area contributed by atoms with Crippen molar-refractivity contribution >= 4 is 24.8 Å². The standard InChI is InChI=1S/C12H15N3.2ClH/c13-8-6-12-7-9-15(14-12)10-11-4-2-1-3-5-11;;/h1-5,7,9H,6,8,10,13H2;2*1H. The maximum atomic E-state index is 5.47. The third-order valence-electron chi connectivity index (χ3n) is 2.28. The molecule has 0 aliphatic rings. The molecule has 0 atom stereocenters. The molecule has 0 saturated carbocycles. The van der Waals surface area contributed by atoms with Crippen molar-refractivity contribution in [1.82, 2.24) is 9.78 Å². The minimum atomic E-state index is 0. The maximum absolute atomic E-state index is 5.47. The van der Waals surface area contributed by atoms with Crippen molar-refractivity contribution in [1.29, 1.82) is 0 Å². The van der Waals surface area contributed by atoms with Crippen molar-refractivity contribution < 1.29 is 0 Å². The number of hydrogen-bond acceptors (Lipinski definition) is 2. The summed E-state index contributed by atoms with van der Waals surface area (Å²) in [5.74, 6) is 0. The Kier molecular flexibility index (Phi) is 7.63. The quantitative estimate of drug-likeness (QED) is 0.929. The molecular formula is C12H17Cl2N3. The number of halogens is 2. The summed E-state index contributed by atoms with van der Waals surface area (Å²) < 4.78 is 1.94. The first-order valence-corrected chi connectivity index (χ1v) is 5.15.